The summed E-state index contributed by atoms with van der Waals surface area (Å²) in [6.45, 7) is 2.66. The Morgan fingerprint density at radius 2 is 1.62 bits per heavy atom. The van der Waals surface area contributed by atoms with Crippen molar-refractivity contribution in [2.75, 3.05) is 43.3 Å². The number of anilines is 2. The van der Waals surface area contributed by atoms with Gasteiger partial charge in [-0.15, -0.1) is 0 Å². The molecule has 1 heterocycles. The number of carbonyl (C=O) groups is 2. The summed E-state index contributed by atoms with van der Waals surface area (Å²) in [7, 11) is 1.66. The van der Waals surface area contributed by atoms with Crippen molar-refractivity contribution in [2.45, 2.75) is 17.7 Å². The van der Waals surface area contributed by atoms with Crippen LogP contribution in [0.4, 0.5) is 11.4 Å². The van der Waals surface area contributed by atoms with Crippen molar-refractivity contribution in [2.24, 2.45) is 0 Å². The maximum absolute atomic E-state index is 12.9. The van der Waals surface area contributed by atoms with Gasteiger partial charge in [-0.2, -0.15) is 0 Å². The first-order valence-electron chi connectivity index (χ1n) is 13.9. The highest BCUT2D eigenvalue weighted by molar-refractivity contribution is 8.00. The molecule has 1 fully saturated rings. The Morgan fingerprint density at radius 3 is 2.43 bits per heavy atom. The number of nitrogens with one attached hydrogen (secondary N) is 3. The van der Waals surface area contributed by atoms with Gasteiger partial charge in [-0.1, -0.05) is 48.0 Å². The average molecular weight is 601 g/mol. The van der Waals surface area contributed by atoms with E-state index in [2.05, 4.69) is 21.4 Å². The fraction of sp³-hybridized carbons (Fsp3) is 0.212. The molecule has 0 saturated carbocycles. The predicted octanol–water partition coefficient (Wildman–Crippen LogP) is 7.21. The van der Waals surface area contributed by atoms with Gasteiger partial charge < -0.3 is 25.0 Å². The van der Waals surface area contributed by atoms with Crippen LogP contribution in [0.1, 0.15) is 33.6 Å². The number of hydrogen-bond donors (Lipinski definition) is 3. The molecule has 9 heteroatoms. The Morgan fingerprint density at radius 1 is 0.857 bits per heavy atom. The van der Waals surface area contributed by atoms with E-state index in [1.54, 1.807) is 31.4 Å². The lowest BCUT2D eigenvalue weighted by Crippen LogP contribution is -2.28. The molecule has 0 radical (unpaired) electrons. The lowest BCUT2D eigenvalue weighted by molar-refractivity contribution is 0.0792. The van der Waals surface area contributed by atoms with Gasteiger partial charge in [0.2, 0.25) is 0 Å². The number of methoxy groups -OCH3 is 1. The van der Waals surface area contributed by atoms with Crippen molar-refractivity contribution in [3.8, 4) is 16.9 Å². The second-order valence-corrected chi connectivity index (χ2v) is 11.1. The van der Waals surface area contributed by atoms with Gasteiger partial charge in [-0.05, 0) is 90.5 Å². The van der Waals surface area contributed by atoms with Crippen LogP contribution in [0, 0.1) is 0 Å². The Balaban J connectivity index is 1.19. The van der Waals surface area contributed by atoms with Crippen LogP contribution in [0.15, 0.2) is 95.9 Å². The number of amides is 2. The highest BCUT2D eigenvalue weighted by Crippen LogP contribution is 2.35. The van der Waals surface area contributed by atoms with Crippen molar-refractivity contribution >= 4 is 46.7 Å². The van der Waals surface area contributed by atoms with E-state index in [4.69, 9.17) is 16.3 Å². The van der Waals surface area contributed by atoms with Gasteiger partial charge in [-0.25, -0.2) is 0 Å². The number of halogens is 1. The van der Waals surface area contributed by atoms with Gasteiger partial charge in [0, 0.05) is 43.1 Å². The minimum Gasteiger partial charge on any atom is -0.496 e. The lowest BCUT2D eigenvalue weighted by Gasteiger charge is -2.16. The molecule has 1 saturated heterocycles. The van der Waals surface area contributed by atoms with Crippen LogP contribution >= 0.6 is 23.5 Å². The van der Waals surface area contributed by atoms with E-state index in [9.17, 15) is 9.59 Å². The van der Waals surface area contributed by atoms with Crippen LogP contribution in [-0.4, -0.2) is 50.0 Å². The normalized spacial score (nSPS) is 12.6. The lowest BCUT2D eigenvalue weighted by atomic mass is 10.0. The SMILES string of the molecule is COc1ccc(-c2cccc(C(=O)N3CCCC3)c2)cc1SNc1cccc(NCCNC(=O)c2ccccc2Cl)c1. The molecule has 42 heavy (non-hydrogen) atoms. The van der Waals surface area contributed by atoms with E-state index in [1.807, 2.05) is 65.6 Å². The molecule has 0 spiro atoms. The largest absolute Gasteiger partial charge is 0.496 e. The molecule has 4 aromatic carbocycles. The van der Waals surface area contributed by atoms with Gasteiger partial charge in [0.25, 0.3) is 11.8 Å². The van der Waals surface area contributed by atoms with Crippen molar-refractivity contribution in [1.82, 2.24) is 10.2 Å². The minimum absolute atomic E-state index is 0.0931. The number of ether oxygens (including phenoxy) is 1. The third-order valence-corrected chi connectivity index (χ3v) is 8.21. The number of likely N-dealkylation sites (tertiary alicyclic amines) is 1. The van der Waals surface area contributed by atoms with Crippen molar-refractivity contribution in [3.05, 3.63) is 107 Å². The maximum Gasteiger partial charge on any atom is 0.253 e. The summed E-state index contributed by atoms with van der Waals surface area (Å²) in [5, 5.41) is 6.66. The fourth-order valence-corrected chi connectivity index (χ4v) is 5.81. The second-order valence-electron chi connectivity index (χ2n) is 9.89. The first-order chi connectivity index (χ1) is 20.5. The smallest absolute Gasteiger partial charge is 0.253 e. The number of nitrogens with zero attached hydrogens (tertiary/aromatic N) is 1. The van der Waals surface area contributed by atoms with E-state index in [-0.39, 0.29) is 11.8 Å². The standard InChI is InChI=1S/C33H33ClN4O3S/c1-41-30-15-14-24(23-8-6-9-25(20-23)33(40)38-18-4-5-19-38)21-31(30)42-37-27-11-7-10-26(22-27)35-16-17-36-32(39)28-12-2-3-13-29(28)34/h2-3,6-15,20-22,35,37H,4-5,16-19H2,1H3,(H,36,39). The van der Waals surface area contributed by atoms with E-state index < -0.39 is 0 Å². The highest BCUT2D eigenvalue weighted by atomic mass is 35.5. The van der Waals surface area contributed by atoms with E-state index in [1.165, 1.54) is 11.9 Å². The van der Waals surface area contributed by atoms with Crippen LogP contribution in [0.5, 0.6) is 5.75 Å². The van der Waals surface area contributed by atoms with E-state index in [0.29, 0.717) is 29.2 Å². The molecule has 0 unspecified atom stereocenters. The molecule has 1 aliphatic rings. The number of rotatable bonds is 11. The molecular formula is C33H33ClN4O3S. The molecule has 0 atom stereocenters. The van der Waals surface area contributed by atoms with Crippen LogP contribution in [0.25, 0.3) is 11.1 Å². The molecule has 0 aliphatic carbocycles. The number of hydrogen-bond acceptors (Lipinski definition) is 6. The highest BCUT2D eigenvalue weighted by Gasteiger charge is 2.20. The zero-order valence-corrected chi connectivity index (χ0v) is 24.9. The molecule has 0 bridgehead atoms. The van der Waals surface area contributed by atoms with Crippen LogP contribution in [0.2, 0.25) is 5.02 Å². The molecule has 1 aliphatic heterocycles. The summed E-state index contributed by atoms with van der Waals surface area (Å²) in [6, 6.07) is 28.8. The zero-order valence-electron chi connectivity index (χ0n) is 23.4. The van der Waals surface area contributed by atoms with Crippen molar-refractivity contribution < 1.29 is 14.3 Å². The first kappa shape index (κ1) is 29.4. The molecule has 2 amide bonds. The monoisotopic (exact) mass is 600 g/mol. The Hall–Kier alpha value is -4.14. The Labute approximate surface area is 255 Å². The van der Waals surface area contributed by atoms with Gasteiger partial charge in [-0.3, -0.25) is 9.59 Å². The predicted molar refractivity (Wildman–Crippen MR) is 172 cm³/mol. The zero-order chi connectivity index (χ0) is 29.3. The molecular weight excluding hydrogens is 568 g/mol. The minimum atomic E-state index is -0.199. The van der Waals surface area contributed by atoms with Gasteiger partial charge in [0.15, 0.2) is 0 Å². The fourth-order valence-electron chi connectivity index (χ4n) is 4.80. The summed E-state index contributed by atoms with van der Waals surface area (Å²) in [4.78, 5) is 28.1. The third kappa shape index (κ3) is 7.38. The summed E-state index contributed by atoms with van der Waals surface area (Å²) in [5.41, 5.74) is 5.00. The average Bonchev–Trinajstić information content (AvgIpc) is 3.57. The maximum atomic E-state index is 12.9. The van der Waals surface area contributed by atoms with Gasteiger partial charge >= 0.3 is 0 Å². The molecule has 216 valence electrons. The van der Waals surface area contributed by atoms with Gasteiger partial charge in [0.05, 0.1) is 22.6 Å². The molecule has 7 nitrogen and oxygen atoms in total. The quantitative estimate of drug-likeness (QED) is 0.125. The summed E-state index contributed by atoms with van der Waals surface area (Å²) in [5.74, 6) is 0.648. The molecule has 3 N–H and O–H groups in total. The second kappa shape index (κ2) is 14.2. The molecule has 0 aromatic heterocycles. The first-order valence-corrected chi connectivity index (χ1v) is 15.1. The van der Waals surface area contributed by atoms with Crippen LogP contribution in [-0.2, 0) is 0 Å². The number of benzene rings is 4. The van der Waals surface area contributed by atoms with Crippen LogP contribution in [0.3, 0.4) is 0 Å². The Kier molecular flexibility index (Phi) is 9.90. The van der Waals surface area contributed by atoms with Crippen molar-refractivity contribution in [3.63, 3.8) is 0 Å². The Bertz CT molecular complexity index is 1560. The summed E-state index contributed by atoms with van der Waals surface area (Å²) in [6.07, 6.45) is 2.14. The topological polar surface area (TPSA) is 82.7 Å². The van der Waals surface area contributed by atoms with Gasteiger partial charge in [0.1, 0.15) is 5.75 Å². The summed E-state index contributed by atoms with van der Waals surface area (Å²) < 4.78 is 9.03. The van der Waals surface area contributed by atoms with E-state index in [0.717, 1.165) is 59.1 Å². The molecule has 5 rings (SSSR count). The number of carbonyl (C=O) groups excluding carboxylic acids is 2. The van der Waals surface area contributed by atoms with E-state index >= 15 is 0 Å². The third-order valence-electron chi connectivity index (χ3n) is 7.00. The van der Waals surface area contributed by atoms with Crippen LogP contribution < -0.4 is 20.1 Å². The van der Waals surface area contributed by atoms with Crippen molar-refractivity contribution in [1.29, 1.82) is 0 Å². The molecule has 4 aromatic rings. The summed E-state index contributed by atoms with van der Waals surface area (Å²) >= 11 is 7.57.